The van der Waals surface area contributed by atoms with E-state index >= 15 is 0 Å². The molecule has 0 saturated carbocycles. The fourth-order valence-electron chi connectivity index (χ4n) is 2.12. The Bertz CT molecular complexity index is 701. The van der Waals surface area contributed by atoms with Gasteiger partial charge in [0.05, 0.1) is 13.2 Å². The number of amides is 1. The summed E-state index contributed by atoms with van der Waals surface area (Å²) in [7, 11) is 0. The Morgan fingerprint density at radius 1 is 1.04 bits per heavy atom. The molecule has 1 N–H and O–H groups in total. The van der Waals surface area contributed by atoms with Crippen molar-refractivity contribution in [3.8, 4) is 11.5 Å². The molecule has 0 radical (unpaired) electrons. The summed E-state index contributed by atoms with van der Waals surface area (Å²) in [5, 5.41) is 3.44. The van der Waals surface area contributed by atoms with Crippen LogP contribution in [-0.4, -0.2) is 19.1 Å². The van der Waals surface area contributed by atoms with Crippen LogP contribution in [0.15, 0.2) is 36.4 Å². The number of anilines is 1. The fourth-order valence-corrected chi connectivity index (χ4v) is 2.29. The van der Waals surface area contributed by atoms with Crippen LogP contribution in [0.2, 0.25) is 5.02 Å². The molecular weight excluding hydrogens is 314 g/mol. The first-order valence-corrected chi connectivity index (χ1v) is 7.90. The van der Waals surface area contributed by atoms with Gasteiger partial charge in [-0.1, -0.05) is 17.7 Å². The average Bonchev–Trinajstić information content (AvgIpc) is 2.53. The lowest BCUT2D eigenvalue weighted by Gasteiger charge is -2.13. The van der Waals surface area contributed by atoms with Crippen molar-refractivity contribution in [2.75, 3.05) is 18.5 Å². The molecular formula is C18H20ClNO3. The normalized spacial score (nSPS) is 10.3. The topological polar surface area (TPSA) is 47.6 Å². The molecule has 122 valence electrons. The molecule has 0 spiro atoms. The standard InChI is InChI=1S/C18H20ClNO3/c1-4-22-16-9-7-13(10-17(16)23-5-2)18(21)20-15-11-14(19)8-6-12(15)3/h6-11H,4-5H2,1-3H3,(H,20,21). The van der Waals surface area contributed by atoms with Gasteiger partial charge in [-0.15, -0.1) is 0 Å². The van der Waals surface area contributed by atoms with Gasteiger partial charge in [-0.2, -0.15) is 0 Å². The quantitative estimate of drug-likeness (QED) is 0.833. The molecule has 0 saturated heterocycles. The third-order valence-corrected chi connectivity index (χ3v) is 3.49. The molecule has 0 unspecified atom stereocenters. The molecule has 23 heavy (non-hydrogen) atoms. The molecule has 0 aliphatic heterocycles. The molecule has 2 aromatic rings. The summed E-state index contributed by atoms with van der Waals surface area (Å²) < 4.78 is 11.1. The maximum atomic E-state index is 12.5. The van der Waals surface area contributed by atoms with Gasteiger partial charge in [0.1, 0.15) is 0 Å². The molecule has 0 atom stereocenters. The number of carbonyl (C=O) groups excluding carboxylic acids is 1. The monoisotopic (exact) mass is 333 g/mol. The maximum Gasteiger partial charge on any atom is 0.255 e. The molecule has 2 aromatic carbocycles. The van der Waals surface area contributed by atoms with Gasteiger partial charge >= 0.3 is 0 Å². The predicted molar refractivity (Wildman–Crippen MR) is 92.9 cm³/mol. The number of hydrogen-bond donors (Lipinski definition) is 1. The lowest BCUT2D eigenvalue weighted by atomic mass is 10.1. The van der Waals surface area contributed by atoms with Crippen molar-refractivity contribution in [2.24, 2.45) is 0 Å². The number of aryl methyl sites for hydroxylation is 1. The number of nitrogens with one attached hydrogen (secondary N) is 1. The third kappa shape index (κ3) is 4.39. The number of hydrogen-bond acceptors (Lipinski definition) is 3. The van der Waals surface area contributed by atoms with E-state index < -0.39 is 0 Å². The van der Waals surface area contributed by atoms with Crippen molar-refractivity contribution in [3.63, 3.8) is 0 Å². The highest BCUT2D eigenvalue weighted by molar-refractivity contribution is 6.31. The van der Waals surface area contributed by atoms with Gasteiger partial charge in [0.2, 0.25) is 0 Å². The first kappa shape index (κ1) is 17.2. The summed E-state index contributed by atoms with van der Waals surface area (Å²) in [6.45, 7) is 6.73. The Labute approximate surface area is 141 Å². The van der Waals surface area contributed by atoms with Gasteiger partial charge in [0, 0.05) is 16.3 Å². The summed E-state index contributed by atoms with van der Waals surface area (Å²) in [5.74, 6) is 0.967. The minimum absolute atomic E-state index is 0.223. The fraction of sp³-hybridized carbons (Fsp3) is 0.278. The Morgan fingerprint density at radius 3 is 2.43 bits per heavy atom. The highest BCUT2D eigenvalue weighted by Crippen LogP contribution is 2.29. The maximum absolute atomic E-state index is 12.5. The first-order chi connectivity index (χ1) is 11.0. The zero-order valence-corrected chi connectivity index (χ0v) is 14.2. The van der Waals surface area contributed by atoms with E-state index in [9.17, 15) is 4.79 Å². The van der Waals surface area contributed by atoms with E-state index in [2.05, 4.69) is 5.32 Å². The van der Waals surface area contributed by atoms with Crippen LogP contribution in [0.25, 0.3) is 0 Å². The molecule has 0 aliphatic carbocycles. The Kier molecular flexibility index (Phi) is 5.88. The van der Waals surface area contributed by atoms with Gasteiger partial charge in [0.15, 0.2) is 11.5 Å². The van der Waals surface area contributed by atoms with Crippen LogP contribution >= 0.6 is 11.6 Å². The van der Waals surface area contributed by atoms with Gasteiger partial charge in [-0.3, -0.25) is 4.79 Å². The second-order valence-corrected chi connectivity index (χ2v) is 5.38. The van der Waals surface area contributed by atoms with Gasteiger partial charge in [-0.05, 0) is 56.7 Å². The first-order valence-electron chi connectivity index (χ1n) is 7.52. The Morgan fingerprint density at radius 2 is 1.74 bits per heavy atom. The second-order valence-electron chi connectivity index (χ2n) is 4.94. The number of carbonyl (C=O) groups is 1. The van der Waals surface area contributed by atoms with E-state index in [4.69, 9.17) is 21.1 Å². The number of ether oxygens (including phenoxy) is 2. The van der Waals surface area contributed by atoms with Crippen LogP contribution in [0, 0.1) is 6.92 Å². The van der Waals surface area contributed by atoms with Crippen molar-refractivity contribution in [1.29, 1.82) is 0 Å². The summed E-state index contributed by atoms with van der Waals surface area (Å²) in [4.78, 5) is 12.5. The number of halogens is 1. The van der Waals surface area contributed by atoms with Crippen LogP contribution in [0.1, 0.15) is 29.8 Å². The number of benzene rings is 2. The molecule has 4 nitrogen and oxygen atoms in total. The Balaban J connectivity index is 2.25. The second kappa shape index (κ2) is 7.88. The molecule has 0 heterocycles. The molecule has 2 rings (SSSR count). The van der Waals surface area contributed by atoms with Gasteiger partial charge in [-0.25, -0.2) is 0 Å². The summed E-state index contributed by atoms with van der Waals surface area (Å²) >= 11 is 5.98. The van der Waals surface area contributed by atoms with Crippen LogP contribution in [0.5, 0.6) is 11.5 Å². The lowest BCUT2D eigenvalue weighted by molar-refractivity contribution is 0.102. The number of rotatable bonds is 6. The smallest absolute Gasteiger partial charge is 0.255 e. The predicted octanol–water partition coefficient (Wildman–Crippen LogP) is 4.70. The molecule has 0 fully saturated rings. The summed E-state index contributed by atoms with van der Waals surface area (Å²) in [6.07, 6.45) is 0. The van der Waals surface area contributed by atoms with E-state index in [-0.39, 0.29) is 5.91 Å². The van der Waals surface area contributed by atoms with Crippen LogP contribution in [-0.2, 0) is 0 Å². The van der Waals surface area contributed by atoms with Crippen LogP contribution in [0.3, 0.4) is 0 Å². The summed E-state index contributed by atoms with van der Waals surface area (Å²) in [6, 6.07) is 10.5. The molecule has 5 heteroatoms. The molecule has 0 aromatic heterocycles. The summed E-state index contributed by atoms with van der Waals surface area (Å²) in [5.41, 5.74) is 2.13. The van der Waals surface area contributed by atoms with Crippen LogP contribution < -0.4 is 14.8 Å². The van der Waals surface area contributed by atoms with Crippen molar-refractivity contribution >= 4 is 23.2 Å². The Hall–Kier alpha value is -2.20. The zero-order valence-electron chi connectivity index (χ0n) is 13.5. The van der Waals surface area contributed by atoms with Crippen molar-refractivity contribution in [2.45, 2.75) is 20.8 Å². The van der Waals surface area contributed by atoms with E-state index in [0.29, 0.717) is 41.0 Å². The van der Waals surface area contributed by atoms with Gasteiger partial charge in [0.25, 0.3) is 5.91 Å². The minimum Gasteiger partial charge on any atom is -0.490 e. The zero-order chi connectivity index (χ0) is 16.8. The SMILES string of the molecule is CCOc1ccc(C(=O)Nc2cc(Cl)ccc2C)cc1OCC. The van der Waals surface area contributed by atoms with Crippen molar-refractivity contribution in [3.05, 3.63) is 52.5 Å². The van der Waals surface area contributed by atoms with E-state index in [1.807, 2.05) is 26.8 Å². The van der Waals surface area contributed by atoms with Crippen molar-refractivity contribution in [1.82, 2.24) is 0 Å². The van der Waals surface area contributed by atoms with Crippen LogP contribution in [0.4, 0.5) is 5.69 Å². The molecule has 0 aliphatic rings. The molecule has 0 bridgehead atoms. The van der Waals surface area contributed by atoms with E-state index in [1.165, 1.54) is 0 Å². The van der Waals surface area contributed by atoms with E-state index in [1.54, 1.807) is 30.3 Å². The highest BCUT2D eigenvalue weighted by atomic mass is 35.5. The van der Waals surface area contributed by atoms with E-state index in [0.717, 1.165) is 5.56 Å². The van der Waals surface area contributed by atoms with Gasteiger partial charge < -0.3 is 14.8 Å². The lowest BCUT2D eigenvalue weighted by Crippen LogP contribution is -2.13. The average molecular weight is 334 g/mol. The highest BCUT2D eigenvalue weighted by Gasteiger charge is 2.12. The largest absolute Gasteiger partial charge is 0.490 e. The minimum atomic E-state index is -0.223. The van der Waals surface area contributed by atoms with Crippen molar-refractivity contribution < 1.29 is 14.3 Å². The third-order valence-electron chi connectivity index (χ3n) is 3.25. The molecule has 1 amide bonds.